The van der Waals surface area contributed by atoms with Crippen molar-refractivity contribution in [1.29, 1.82) is 0 Å². The smallest absolute Gasteiger partial charge is 0.341 e. The summed E-state index contributed by atoms with van der Waals surface area (Å²) < 4.78 is 10.8. The molecule has 0 atom stereocenters. The summed E-state index contributed by atoms with van der Waals surface area (Å²) in [5, 5.41) is 6.53. The Kier molecular flexibility index (Phi) is 8.21. The normalized spacial score (nSPS) is 15.8. The molecule has 34 heavy (non-hydrogen) atoms. The first-order chi connectivity index (χ1) is 16.5. The topological polar surface area (TPSA) is 93.7 Å². The Bertz CT molecular complexity index is 1020. The summed E-state index contributed by atoms with van der Waals surface area (Å²) in [6.45, 7) is 2.11. The van der Waals surface area contributed by atoms with Gasteiger partial charge in [-0.2, -0.15) is 0 Å². The van der Waals surface area contributed by atoms with Crippen LogP contribution in [-0.4, -0.2) is 37.1 Å². The van der Waals surface area contributed by atoms with Crippen LogP contribution in [0.4, 0.5) is 10.7 Å². The number of hydrogen-bond donors (Lipinski definition) is 2. The van der Waals surface area contributed by atoms with Crippen LogP contribution in [0.25, 0.3) is 0 Å². The number of ether oxygens (including phenoxy) is 2. The van der Waals surface area contributed by atoms with Gasteiger partial charge < -0.3 is 20.1 Å². The number of carbonyl (C=O) groups excluding carboxylic acids is 3. The van der Waals surface area contributed by atoms with Gasteiger partial charge in [-0.3, -0.25) is 4.79 Å². The Morgan fingerprint density at radius 3 is 2.44 bits per heavy atom. The van der Waals surface area contributed by atoms with E-state index in [1.54, 1.807) is 31.2 Å². The van der Waals surface area contributed by atoms with E-state index >= 15 is 0 Å². The van der Waals surface area contributed by atoms with Crippen LogP contribution in [0, 0.1) is 0 Å². The maximum absolute atomic E-state index is 12.6. The fraction of sp³-hybridized carbons (Fsp3) is 0.500. The molecule has 0 bridgehead atoms. The lowest BCUT2D eigenvalue weighted by Crippen LogP contribution is -2.23. The molecule has 0 unspecified atom stereocenters. The summed E-state index contributed by atoms with van der Waals surface area (Å²) in [5.74, 6) is -0.921. The lowest BCUT2D eigenvalue weighted by atomic mass is 9.95. The number of aryl methyl sites for hydroxylation is 1. The molecule has 2 aliphatic rings. The first-order valence-corrected chi connectivity index (χ1v) is 13.0. The molecule has 0 aliphatic heterocycles. The van der Waals surface area contributed by atoms with Crippen molar-refractivity contribution in [3.63, 3.8) is 0 Å². The third kappa shape index (κ3) is 5.97. The van der Waals surface area contributed by atoms with Gasteiger partial charge in [0.05, 0.1) is 24.3 Å². The third-order valence-electron chi connectivity index (χ3n) is 6.30. The van der Waals surface area contributed by atoms with E-state index in [1.165, 1.54) is 17.8 Å². The molecule has 1 heterocycles. The second-order valence-electron chi connectivity index (χ2n) is 8.78. The highest BCUT2D eigenvalue weighted by molar-refractivity contribution is 7.17. The number of thiophene rings is 1. The Morgan fingerprint density at radius 2 is 1.71 bits per heavy atom. The first-order valence-electron chi connectivity index (χ1n) is 12.2. The molecule has 1 fully saturated rings. The largest absolute Gasteiger partial charge is 0.462 e. The van der Waals surface area contributed by atoms with Gasteiger partial charge in [0.1, 0.15) is 11.1 Å². The standard InChI is InChI=1S/C26H32N2O5S/c1-2-32-26(31)23-20-10-6-7-11-21(20)34-24(23)28-22(29)16-27-18-14-12-17(13-15-18)25(30)33-19-8-4-3-5-9-19/h12-15,19,27H,2-11,16H2,1H3,(H,28,29). The second-order valence-corrected chi connectivity index (χ2v) is 9.89. The van der Waals surface area contributed by atoms with Gasteiger partial charge in [0.25, 0.3) is 0 Å². The molecule has 1 aromatic carbocycles. The molecule has 182 valence electrons. The van der Waals surface area contributed by atoms with Crippen LogP contribution in [0.15, 0.2) is 24.3 Å². The third-order valence-corrected chi connectivity index (χ3v) is 7.51. The monoisotopic (exact) mass is 484 g/mol. The maximum Gasteiger partial charge on any atom is 0.341 e. The molecule has 0 saturated heterocycles. The van der Waals surface area contributed by atoms with Crippen LogP contribution in [0.5, 0.6) is 0 Å². The van der Waals surface area contributed by atoms with Crippen molar-refractivity contribution in [2.45, 2.75) is 70.8 Å². The summed E-state index contributed by atoms with van der Waals surface area (Å²) in [5.41, 5.74) is 2.76. The van der Waals surface area contributed by atoms with Crippen molar-refractivity contribution in [3.8, 4) is 0 Å². The van der Waals surface area contributed by atoms with Crippen LogP contribution >= 0.6 is 11.3 Å². The molecule has 2 aliphatic carbocycles. The number of rotatable bonds is 8. The number of amides is 1. The Morgan fingerprint density at radius 1 is 0.971 bits per heavy atom. The number of nitrogens with one attached hydrogen (secondary N) is 2. The van der Waals surface area contributed by atoms with Crippen molar-refractivity contribution in [2.24, 2.45) is 0 Å². The van der Waals surface area contributed by atoms with Gasteiger partial charge in [0.2, 0.25) is 5.91 Å². The van der Waals surface area contributed by atoms with Crippen molar-refractivity contribution in [3.05, 3.63) is 45.8 Å². The van der Waals surface area contributed by atoms with Crippen LogP contribution in [0.3, 0.4) is 0 Å². The number of anilines is 2. The SMILES string of the molecule is CCOC(=O)c1c(NC(=O)CNc2ccc(C(=O)OC3CCCCC3)cc2)sc2c1CCCC2. The Labute approximate surface area is 204 Å². The minimum Gasteiger partial charge on any atom is -0.462 e. The molecule has 2 aromatic rings. The van der Waals surface area contributed by atoms with Gasteiger partial charge in [-0.15, -0.1) is 11.3 Å². The lowest BCUT2D eigenvalue weighted by molar-refractivity contribution is -0.114. The van der Waals surface area contributed by atoms with E-state index < -0.39 is 0 Å². The van der Waals surface area contributed by atoms with Crippen LogP contribution in [-0.2, 0) is 27.1 Å². The highest BCUT2D eigenvalue weighted by Gasteiger charge is 2.27. The van der Waals surface area contributed by atoms with E-state index in [0.717, 1.165) is 67.5 Å². The fourth-order valence-corrected chi connectivity index (χ4v) is 5.85. The molecule has 1 aromatic heterocycles. The van der Waals surface area contributed by atoms with E-state index in [1.807, 2.05) is 0 Å². The minimum atomic E-state index is -0.374. The van der Waals surface area contributed by atoms with Crippen molar-refractivity contribution in [2.75, 3.05) is 23.8 Å². The van der Waals surface area contributed by atoms with Crippen LogP contribution in [0.1, 0.15) is 83.0 Å². The Balaban J connectivity index is 1.33. The maximum atomic E-state index is 12.6. The predicted molar refractivity (Wildman–Crippen MR) is 133 cm³/mol. The molecule has 7 nitrogen and oxygen atoms in total. The number of carbonyl (C=O) groups is 3. The van der Waals surface area contributed by atoms with Gasteiger partial charge in [0.15, 0.2) is 0 Å². The number of benzene rings is 1. The zero-order valence-corrected chi connectivity index (χ0v) is 20.4. The van der Waals surface area contributed by atoms with Gasteiger partial charge >= 0.3 is 11.9 Å². The van der Waals surface area contributed by atoms with E-state index in [9.17, 15) is 14.4 Å². The molecule has 1 saturated carbocycles. The summed E-state index contributed by atoms with van der Waals surface area (Å²) in [7, 11) is 0. The lowest BCUT2D eigenvalue weighted by Gasteiger charge is -2.21. The minimum absolute atomic E-state index is 0.0187. The van der Waals surface area contributed by atoms with Crippen molar-refractivity contribution in [1.82, 2.24) is 0 Å². The molecule has 8 heteroatoms. The van der Waals surface area contributed by atoms with Crippen molar-refractivity contribution >= 4 is 39.9 Å². The molecule has 0 radical (unpaired) electrons. The van der Waals surface area contributed by atoms with Crippen LogP contribution < -0.4 is 10.6 Å². The molecule has 1 amide bonds. The van der Waals surface area contributed by atoms with E-state index in [2.05, 4.69) is 10.6 Å². The average Bonchev–Trinajstić information content (AvgIpc) is 3.21. The van der Waals surface area contributed by atoms with Gasteiger partial charge in [-0.1, -0.05) is 6.42 Å². The van der Waals surface area contributed by atoms with E-state index in [-0.39, 0.29) is 30.5 Å². The van der Waals surface area contributed by atoms with E-state index in [4.69, 9.17) is 9.47 Å². The van der Waals surface area contributed by atoms with Gasteiger partial charge in [-0.05, 0) is 88.1 Å². The fourth-order valence-electron chi connectivity index (χ4n) is 4.55. The highest BCUT2D eigenvalue weighted by Crippen LogP contribution is 2.38. The summed E-state index contributed by atoms with van der Waals surface area (Å²) >= 11 is 1.47. The molecule has 2 N–H and O–H groups in total. The Hall–Kier alpha value is -2.87. The summed E-state index contributed by atoms with van der Waals surface area (Å²) in [6, 6.07) is 6.94. The molecule has 0 spiro atoms. The molecular weight excluding hydrogens is 452 g/mol. The zero-order valence-electron chi connectivity index (χ0n) is 19.6. The first kappa shape index (κ1) is 24.3. The molecule has 4 rings (SSSR count). The number of hydrogen-bond acceptors (Lipinski definition) is 7. The molecular formula is C26H32N2O5S. The zero-order chi connectivity index (χ0) is 23.9. The average molecular weight is 485 g/mol. The number of esters is 2. The van der Waals surface area contributed by atoms with E-state index in [0.29, 0.717) is 22.7 Å². The summed E-state index contributed by atoms with van der Waals surface area (Å²) in [4.78, 5) is 38.7. The van der Waals surface area contributed by atoms with Gasteiger partial charge in [0, 0.05) is 10.6 Å². The number of fused-ring (bicyclic) bond motifs is 1. The van der Waals surface area contributed by atoms with Crippen LogP contribution in [0.2, 0.25) is 0 Å². The van der Waals surface area contributed by atoms with Gasteiger partial charge in [-0.25, -0.2) is 9.59 Å². The predicted octanol–water partition coefficient (Wildman–Crippen LogP) is 5.34. The highest BCUT2D eigenvalue weighted by atomic mass is 32.1. The second kappa shape index (κ2) is 11.5. The summed E-state index contributed by atoms with van der Waals surface area (Å²) in [6.07, 6.45) is 9.21. The van der Waals surface area contributed by atoms with Crippen molar-refractivity contribution < 1.29 is 23.9 Å². The quantitative estimate of drug-likeness (QED) is 0.491.